The third-order valence-corrected chi connectivity index (χ3v) is 5.85. The summed E-state index contributed by atoms with van der Waals surface area (Å²) in [5.41, 5.74) is 6.71. The van der Waals surface area contributed by atoms with Crippen molar-refractivity contribution in [2.24, 2.45) is 5.73 Å². The van der Waals surface area contributed by atoms with Crippen LogP contribution in [0.4, 0.5) is 0 Å². The molecule has 3 N–H and O–H groups in total. The summed E-state index contributed by atoms with van der Waals surface area (Å²) in [4.78, 5) is 0.484. The minimum absolute atomic E-state index is 0.238. The van der Waals surface area contributed by atoms with Gasteiger partial charge in [0.2, 0.25) is 10.0 Å². The molecule has 106 valence electrons. The summed E-state index contributed by atoms with van der Waals surface area (Å²) in [5, 5.41) is 6.66. The standard InChI is InChI=1S/C11H18N4O2S2/c1-7-10(8(2)14-13-7)19(16,17)15-6-4-3-5-9(15)11(12)18/h9H,3-6H2,1-2H3,(H2,12,18)(H,13,14). The summed E-state index contributed by atoms with van der Waals surface area (Å²) in [6.07, 6.45) is 2.45. The molecule has 1 fully saturated rings. The number of rotatable bonds is 3. The first-order chi connectivity index (χ1) is 8.85. The second-order valence-corrected chi connectivity index (χ2v) is 7.09. The van der Waals surface area contributed by atoms with Crippen molar-refractivity contribution in [3.05, 3.63) is 11.4 Å². The van der Waals surface area contributed by atoms with Crippen molar-refractivity contribution < 1.29 is 8.42 Å². The monoisotopic (exact) mass is 302 g/mol. The number of hydrogen-bond acceptors (Lipinski definition) is 4. The van der Waals surface area contributed by atoms with Crippen molar-refractivity contribution in [1.82, 2.24) is 14.5 Å². The third-order valence-electron chi connectivity index (χ3n) is 3.41. The van der Waals surface area contributed by atoms with Crippen LogP contribution in [0.1, 0.15) is 30.7 Å². The average molecular weight is 302 g/mol. The number of sulfonamides is 1. The molecule has 0 bridgehead atoms. The lowest BCUT2D eigenvalue weighted by atomic mass is 10.1. The molecule has 2 heterocycles. The first-order valence-corrected chi connectivity index (χ1v) is 8.03. The third kappa shape index (κ3) is 2.52. The van der Waals surface area contributed by atoms with Gasteiger partial charge in [0.05, 0.1) is 22.4 Å². The zero-order chi connectivity index (χ0) is 14.2. The van der Waals surface area contributed by atoms with Gasteiger partial charge in [-0.1, -0.05) is 18.6 Å². The number of nitrogens with two attached hydrogens (primary N) is 1. The Morgan fingerprint density at radius 2 is 2.16 bits per heavy atom. The van der Waals surface area contributed by atoms with E-state index in [2.05, 4.69) is 10.2 Å². The van der Waals surface area contributed by atoms with Gasteiger partial charge in [-0.15, -0.1) is 0 Å². The SMILES string of the molecule is Cc1n[nH]c(C)c1S(=O)(=O)N1CCCCC1C(N)=S. The van der Waals surface area contributed by atoms with E-state index in [-0.39, 0.29) is 15.9 Å². The maximum absolute atomic E-state index is 12.8. The summed E-state index contributed by atoms with van der Waals surface area (Å²) in [6, 6.07) is -0.387. The van der Waals surface area contributed by atoms with E-state index in [9.17, 15) is 8.42 Å². The maximum Gasteiger partial charge on any atom is 0.247 e. The highest BCUT2D eigenvalue weighted by atomic mass is 32.2. The van der Waals surface area contributed by atoms with Crippen LogP contribution >= 0.6 is 12.2 Å². The summed E-state index contributed by atoms with van der Waals surface area (Å²) in [7, 11) is -3.60. The predicted octanol–water partition coefficient (Wildman–Crippen LogP) is 0.856. The molecule has 0 spiro atoms. The molecule has 0 saturated carbocycles. The van der Waals surface area contributed by atoms with Gasteiger partial charge in [-0.05, 0) is 26.7 Å². The van der Waals surface area contributed by atoms with Gasteiger partial charge in [0.15, 0.2) is 0 Å². The van der Waals surface area contributed by atoms with Gasteiger partial charge in [0, 0.05) is 6.54 Å². The molecular formula is C11H18N4O2S2. The highest BCUT2D eigenvalue weighted by Gasteiger charge is 2.37. The number of nitrogens with zero attached hydrogens (tertiary/aromatic N) is 2. The Bertz CT molecular complexity index is 574. The van der Waals surface area contributed by atoms with Crippen LogP contribution < -0.4 is 5.73 Å². The van der Waals surface area contributed by atoms with Crippen molar-refractivity contribution in [3.63, 3.8) is 0 Å². The fourth-order valence-electron chi connectivity index (χ4n) is 2.52. The molecule has 1 unspecified atom stereocenters. The van der Waals surface area contributed by atoms with Crippen molar-refractivity contribution >= 4 is 27.2 Å². The number of aromatic nitrogens is 2. The second-order valence-electron chi connectivity index (χ2n) is 4.79. The summed E-state index contributed by atoms with van der Waals surface area (Å²) >= 11 is 5.00. The van der Waals surface area contributed by atoms with Gasteiger partial charge < -0.3 is 5.73 Å². The number of aromatic amines is 1. The molecule has 1 atom stereocenters. The molecule has 8 heteroatoms. The van der Waals surface area contributed by atoms with E-state index in [1.165, 1.54) is 4.31 Å². The Morgan fingerprint density at radius 3 is 2.68 bits per heavy atom. The maximum atomic E-state index is 12.8. The smallest absolute Gasteiger partial charge is 0.247 e. The number of nitrogens with one attached hydrogen (secondary N) is 1. The van der Waals surface area contributed by atoms with Gasteiger partial charge >= 0.3 is 0 Å². The van der Waals surface area contributed by atoms with Crippen molar-refractivity contribution in [1.29, 1.82) is 0 Å². The van der Waals surface area contributed by atoms with E-state index < -0.39 is 10.0 Å². The number of piperidine rings is 1. The Hall–Kier alpha value is -0.990. The molecule has 1 aliphatic heterocycles. The summed E-state index contributed by atoms with van der Waals surface area (Å²) in [5.74, 6) is 0. The molecule has 0 aliphatic carbocycles. The zero-order valence-corrected chi connectivity index (χ0v) is 12.6. The summed E-state index contributed by atoms with van der Waals surface area (Å²) in [6.45, 7) is 3.83. The quantitative estimate of drug-likeness (QED) is 0.808. The minimum Gasteiger partial charge on any atom is -0.392 e. The Balaban J connectivity index is 2.46. The van der Waals surface area contributed by atoms with Gasteiger partial charge in [-0.25, -0.2) is 8.42 Å². The average Bonchev–Trinajstić information content (AvgIpc) is 2.69. The van der Waals surface area contributed by atoms with E-state index in [0.29, 0.717) is 24.4 Å². The van der Waals surface area contributed by atoms with Gasteiger partial charge in [-0.2, -0.15) is 9.40 Å². The highest BCUT2D eigenvalue weighted by molar-refractivity contribution is 7.89. The molecule has 1 saturated heterocycles. The lowest BCUT2D eigenvalue weighted by molar-refractivity contribution is 0.306. The molecule has 0 amide bonds. The van der Waals surface area contributed by atoms with E-state index >= 15 is 0 Å². The normalized spacial score (nSPS) is 21.5. The Kier molecular flexibility index (Phi) is 3.93. The molecule has 0 aromatic carbocycles. The van der Waals surface area contributed by atoms with Crippen LogP contribution in [-0.4, -0.2) is 40.5 Å². The lowest BCUT2D eigenvalue weighted by Crippen LogP contribution is -2.49. The number of thiocarbonyl (C=S) groups is 1. The molecule has 19 heavy (non-hydrogen) atoms. The van der Waals surface area contributed by atoms with Crippen LogP contribution in [0.25, 0.3) is 0 Å². The number of hydrogen-bond donors (Lipinski definition) is 2. The topological polar surface area (TPSA) is 92.1 Å². The van der Waals surface area contributed by atoms with E-state index in [1.807, 2.05) is 0 Å². The van der Waals surface area contributed by atoms with Crippen LogP contribution in [0.5, 0.6) is 0 Å². The van der Waals surface area contributed by atoms with Crippen molar-refractivity contribution in [2.45, 2.75) is 44.0 Å². The van der Waals surface area contributed by atoms with E-state index in [0.717, 1.165) is 12.8 Å². The first kappa shape index (κ1) is 14.4. The van der Waals surface area contributed by atoms with E-state index in [1.54, 1.807) is 13.8 Å². The van der Waals surface area contributed by atoms with Crippen molar-refractivity contribution in [2.75, 3.05) is 6.54 Å². The van der Waals surface area contributed by atoms with Gasteiger partial charge in [-0.3, -0.25) is 5.10 Å². The van der Waals surface area contributed by atoms with Crippen LogP contribution in [0.2, 0.25) is 0 Å². The Morgan fingerprint density at radius 1 is 1.47 bits per heavy atom. The number of aryl methyl sites for hydroxylation is 2. The fourth-order valence-corrected chi connectivity index (χ4v) is 4.84. The molecular weight excluding hydrogens is 284 g/mol. The lowest BCUT2D eigenvalue weighted by Gasteiger charge is -2.33. The van der Waals surface area contributed by atoms with Crippen LogP contribution in [0, 0.1) is 13.8 Å². The first-order valence-electron chi connectivity index (χ1n) is 6.18. The van der Waals surface area contributed by atoms with Crippen LogP contribution in [0.3, 0.4) is 0 Å². The molecule has 1 aromatic heterocycles. The Labute approximate surface area is 118 Å². The molecule has 0 radical (unpaired) electrons. The van der Waals surface area contributed by atoms with Gasteiger partial charge in [0.25, 0.3) is 0 Å². The second kappa shape index (κ2) is 5.18. The molecule has 1 aliphatic rings. The largest absolute Gasteiger partial charge is 0.392 e. The van der Waals surface area contributed by atoms with Crippen LogP contribution in [-0.2, 0) is 10.0 Å². The zero-order valence-electron chi connectivity index (χ0n) is 11.0. The van der Waals surface area contributed by atoms with E-state index in [4.69, 9.17) is 18.0 Å². The van der Waals surface area contributed by atoms with Crippen molar-refractivity contribution in [3.8, 4) is 0 Å². The fraction of sp³-hybridized carbons (Fsp3) is 0.636. The predicted molar refractivity (Wildman–Crippen MR) is 76.4 cm³/mol. The molecule has 6 nitrogen and oxygen atoms in total. The number of H-pyrrole nitrogens is 1. The molecule has 1 aromatic rings. The van der Waals surface area contributed by atoms with Gasteiger partial charge in [0.1, 0.15) is 4.90 Å². The molecule has 2 rings (SSSR count). The minimum atomic E-state index is -3.60. The summed E-state index contributed by atoms with van der Waals surface area (Å²) < 4.78 is 26.9. The highest BCUT2D eigenvalue weighted by Crippen LogP contribution is 2.28. The van der Waals surface area contributed by atoms with Crippen LogP contribution in [0.15, 0.2) is 4.90 Å².